The van der Waals surface area contributed by atoms with Crippen LogP contribution in [0.3, 0.4) is 0 Å². The quantitative estimate of drug-likeness (QED) is 0.853. The first kappa shape index (κ1) is 16.8. The molecule has 1 aromatic carbocycles. The van der Waals surface area contributed by atoms with Gasteiger partial charge in [-0.1, -0.05) is 12.1 Å². The van der Waals surface area contributed by atoms with Crippen LogP contribution in [0.15, 0.2) is 36.7 Å². The van der Waals surface area contributed by atoms with E-state index in [0.717, 1.165) is 45.6 Å². The minimum atomic E-state index is -1.02. The molecule has 0 unspecified atom stereocenters. The van der Waals surface area contributed by atoms with Crippen molar-refractivity contribution in [2.24, 2.45) is 0 Å². The Hall–Kier alpha value is -2.67. The minimum Gasteiger partial charge on any atom is -0.478 e. The molecule has 7 nitrogen and oxygen atoms in total. The fourth-order valence-electron chi connectivity index (χ4n) is 3.55. The Morgan fingerprint density at radius 1 is 1.12 bits per heavy atom. The molecule has 1 saturated heterocycles. The van der Waals surface area contributed by atoms with Crippen molar-refractivity contribution in [3.8, 4) is 0 Å². The lowest BCUT2D eigenvalue weighted by molar-refractivity contribution is 0.0696. The first-order valence-corrected chi connectivity index (χ1v) is 8.93. The van der Waals surface area contributed by atoms with Gasteiger partial charge in [-0.2, -0.15) is 0 Å². The second-order valence-corrected chi connectivity index (χ2v) is 6.81. The number of hydrogen-bond donors (Lipinski definition) is 2. The van der Waals surface area contributed by atoms with E-state index >= 15 is 0 Å². The Balaban J connectivity index is 1.51. The number of aromatic nitrogens is 2. The number of ether oxygens (including phenoxy) is 1. The minimum absolute atomic E-state index is 0.0908. The van der Waals surface area contributed by atoms with Crippen LogP contribution in [0.5, 0.6) is 0 Å². The molecule has 2 aromatic rings. The standard InChI is InChI=1S/C19H22N4O3/c24-17(25)14-12-20-18(21-13-14)22-19(6-1-7-19)15-2-4-16(5-3-15)23-8-10-26-11-9-23/h2-5,12-13H,1,6-11H2,(H,24,25)(H,20,21,22). The number of aromatic carboxylic acids is 1. The van der Waals surface area contributed by atoms with Crippen molar-refractivity contribution in [2.45, 2.75) is 24.8 Å². The number of morpholine rings is 1. The van der Waals surface area contributed by atoms with Crippen LogP contribution in [0.1, 0.15) is 35.2 Å². The van der Waals surface area contributed by atoms with Gasteiger partial charge in [0.2, 0.25) is 5.95 Å². The number of benzene rings is 1. The van der Waals surface area contributed by atoms with Gasteiger partial charge in [0, 0.05) is 31.2 Å². The molecular formula is C19H22N4O3. The van der Waals surface area contributed by atoms with E-state index in [1.54, 1.807) is 0 Å². The van der Waals surface area contributed by atoms with E-state index in [0.29, 0.717) is 5.95 Å². The highest BCUT2D eigenvalue weighted by atomic mass is 16.5. The van der Waals surface area contributed by atoms with E-state index in [2.05, 4.69) is 44.5 Å². The molecule has 0 spiro atoms. The van der Waals surface area contributed by atoms with E-state index in [9.17, 15) is 4.79 Å². The molecule has 2 aliphatic rings. The molecule has 136 valence electrons. The van der Waals surface area contributed by atoms with E-state index < -0.39 is 5.97 Å². The maximum absolute atomic E-state index is 10.9. The van der Waals surface area contributed by atoms with E-state index in [1.165, 1.54) is 23.6 Å². The number of anilines is 2. The van der Waals surface area contributed by atoms with Crippen molar-refractivity contribution in [1.82, 2.24) is 9.97 Å². The number of nitrogens with one attached hydrogen (secondary N) is 1. The molecule has 0 radical (unpaired) electrons. The van der Waals surface area contributed by atoms with Crippen LogP contribution < -0.4 is 10.2 Å². The van der Waals surface area contributed by atoms with Crippen LogP contribution in [-0.2, 0) is 10.3 Å². The van der Waals surface area contributed by atoms with Gasteiger partial charge < -0.3 is 20.1 Å². The van der Waals surface area contributed by atoms with Crippen molar-refractivity contribution < 1.29 is 14.6 Å². The molecule has 4 rings (SSSR count). The van der Waals surface area contributed by atoms with Gasteiger partial charge in [0.05, 0.1) is 24.3 Å². The van der Waals surface area contributed by atoms with Crippen LogP contribution in [0, 0.1) is 0 Å². The predicted octanol–water partition coefficient (Wildman–Crippen LogP) is 2.50. The number of rotatable bonds is 5. The molecule has 2 heterocycles. The lowest BCUT2D eigenvalue weighted by Crippen LogP contribution is -2.42. The normalized spacial score (nSPS) is 18.8. The van der Waals surface area contributed by atoms with Crippen molar-refractivity contribution >= 4 is 17.6 Å². The highest BCUT2D eigenvalue weighted by Gasteiger charge is 2.39. The second kappa shape index (κ2) is 6.92. The molecule has 1 aliphatic heterocycles. The zero-order valence-corrected chi connectivity index (χ0v) is 14.5. The fourth-order valence-corrected chi connectivity index (χ4v) is 3.55. The Morgan fingerprint density at radius 2 is 1.77 bits per heavy atom. The van der Waals surface area contributed by atoms with Crippen LogP contribution in [0.2, 0.25) is 0 Å². The summed E-state index contributed by atoms with van der Waals surface area (Å²) in [7, 11) is 0. The van der Waals surface area contributed by atoms with Gasteiger partial charge in [-0.05, 0) is 37.0 Å². The molecule has 1 saturated carbocycles. The SMILES string of the molecule is O=C(O)c1cnc(NC2(c3ccc(N4CCOCC4)cc3)CCC2)nc1. The van der Waals surface area contributed by atoms with Gasteiger partial charge in [-0.15, -0.1) is 0 Å². The predicted molar refractivity (Wildman–Crippen MR) is 97.6 cm³/mol. The smallest absolute Gasteiger partial charge is 0.338 e. The van der Waals surface area contributed by atoms with Gasteiger partial charge in [0.1, 0.15) is 0 Å². The highest BCUT2D eigenvalue weighted by Crippen LogP contribution is 2.43. The lowest BCUT2D eigenvalue weighted by atomic mass is 9.72. The molecular weight excluding hydrogens is 332 g/mol. The van der Waals surface area contributed by atoms with Crippen LogP contribution in [-0.4, -0.2) is 47.3 Å². The summed E-state index contributed by atoms with van der Waals surface area (Å²) in [5, 5.41) is 12.4. The Labute approximate surface area is 152 Å². The summed E-state index contributed by atoms with van der Waals surface area (Å²) >= 11 is 0. The molecule has 0 amide bonds. The molecule has 2 fully saturated rings. The van der Waals surface area contributed by atoms with Crippen molar-refractivity contribution in [1.29, 1.82) is 0 Å². The number of hydrogen-bond acceptors (Lipinski definition) is 6. The lowest BCUT2D eigenvalue weighted by Gasteiger charge is -2.43. The Morgan fingerprint density at radius 3 is 2.31 bits per heavy atom. The third-order valence-corrected chi connectivity index (χ3v) is 5.25. The van der Waals surface area contributed by atoms with Crippen LogP contribution in [0.25, 0.3) is 0 Å². The van der Waals surface area contributed by atoms with Gasteiger partial charge in [-0.3, -0.25) is 0 Å². The number of carboxylic acid groups (broad SMARTS) is 1. The van der Waals surface area contributed by atoms with Crippen molar-refractivity contribution in [2.75, 3.05) is 36.5 Å². The van der Waals surface area contributed by atoms with Crippen molar-refractivity contribution in [3.63, 3.8) is 0 Å². The van der Waals surface area contributed by atoms with E-state index in [4.69, 9.17) is 9.84 Å². The van der Waals surface area contributed by atoms with Gasteiger partial charge in [0.15, 0.2) is 0 Å². The number of carboxylic acids is 1. The summed E-state index contributed by atoms with van der Waals surface area (Å²) in [6, 6.07) is 8.67. The summed E-state index contributed by atoms with van der Waals surface area (Å²) in [5.74, 6) is -0.555. The molecule has 2 N–H and O–H groups in total. The second-order valence-electron chi connectivity index (χ2n) is 6.81. The molecule has 26 heavy (non-hydrogen) atoms. The Bertz CT molecular complexity index is 766. The fraction of sp³-hybridized carbons (Fsp3) is 0.421. The highest BCUT2D eigenvalue weighted by molar-refractivity contribution is 5.86. The first-order chi connectivity index (χ1) is 12.7. The largest absolute Gasteiger partial charge is 0.478 e. The zero-order chi connectivity index (χ0) is 18.0. The molecule has 7 heteroatoms. The molecule has 0 atom stereocenters. The topological polar surface area (TPSA) is 87.6 Å². The third-order valence-electron chi connectivity index (χ3n) is 5.25. The zero-order valence-electron chi connectivity index (χ0n) is 14.5. The Kier molecular flexibility index (Phi) is 4.46. The van der Waals surface area contributed by atoms with E-state index in [-0.39, 0.29) is 11.1 Å². The molecule has 0 bridgehead atoms. The molecule has 1 aromatic heterocycles. The van der Waals surface area contributed by atoms with E-state index in [1.807, 2.05) is 0 Å². The van der Waals surface area contributed by atoms with Crippen LogP contribution in [0.4, 0.5) is 11.6 Å². The monoisotopic (exact) mass is 354 g/mol. The maximum atomic E-state index is 10.9. The van der Waals surface area contributed by atoms with Crippen molar-refractivity contribution in [3.05, 3.63) is 47.8 Å². The van der Waals surface area contributed by atoms with Gasteiger partial charge in [0.25, 0.3) is 0 Å². The summed E-state index contributed by atoms with van der Waals surface area (Å²) in [6.45, 7) is 3.40. The number of nitrogens with zero attached hydrogens (tertiary/aromatic N) is 3. The molecule has 1 aliphatic carbocycles. The summed E-state index contributed by atoms with van der Waals surface area (Å²) in [5.41, 5.74) is 2.35. The maximum Gasteiger partial charge on any atom is 0.338 e. The van der Waals surface area contributed by atoms with Gasteiger partial charge >= 0.3 is 5.97 Å². The number of carbonyl (C=O) groups is 1. The average molecular weight is 354 g/mol. The first-order valence-electron chi connectivity index (χ1n) is 8.93. The third kappa shape index (κ3) is 3.22. The summed E-state index contributed by atoms with van der Waals surface area (Å²) in [6.07, 6.45) is 5.84. The average Bonchev–Trinajstić information content (AvgIpc) is 2.66. The summed E-state index contributed by atoms with van der Waals surface area (Å²) < 4.78 is 5.41. The van der Waals surface area contributed by atoms with Gasteiger partial charge in [-0.25, -0.2) is 14.8 Å². The summed E-state index contributed by atoms with van der Waals surface area (Å²) in [4.78, 5) is 21.6. The van der Waals surface area contributed by atoms with Crippen LogP contribution >= 0.6 is 0 Å².